The van der Waals surface area contributed by atoms with Crippen LogP contribution in [0.2, 0.25) is 0 Å². The molecule has 1 aliphatic carbocycles. The van der Waals surface area contributed by atoms with E-state index < -0.39 is 0 Å². The summed E-state index contributed by atoms with van der Waals surface area (Å²) in [5, 5.41) is 0. The summed E-state index contributed by atoms with van der Waals surface area (Å²) in [7, 11) is 0. The highest BCUT2D eigenvalue weighted by Crippen LogP contribution is 2.47. The Balaban J connectivity index is 2.18. The van der Waals surface area contributed by atoms with Crippen LogP contribution in [0.1, 0.15) is 23.7 Å². The van der Waals surface area contributed by atoms with E-state index in [1.807, 2.05) is 6.07 Å². The number of hydrogen-bond acceptors (Lipinski definition) is 1. The molecule has 2 heteroatoms. The molecule has 1 fully saturated rings. The van der Waals surface area contributed by atoms with Crippen molar-refractivity contribution in [1.29, 1.82) is 0 Å². The van der Waals surface area contributed by atoms with Crippen molar-refractivity contribution in [2.75, 3.05) is 0 Å². The molecule has 1 aromatic rings. The molecule has 3 rings (SSSR count). The van der Waals surface area contributed by atoms with Crippen molar-refractivity contribution < 1.29 is 9.13 Å². The third-order valence-electron chi connectivity index (χ3n) is 2.72. The molecule has 0 radical (unpaired) electrons. The second kappa shape index (κ2) is 2.07. The lowest BCUT2D eigenvalue weighted by atomic mass is 9.91. The SMILES string of the molecule is Fc1cccc2c1CC[C@@H]1O[C@@H]21. The highest BCUT2D eigenvalue weighted by atomic mass is 19.1. The molecule has 0 saturated carbocycles. The summed E-state index contributed by atoms with van der Waals surface area (Å²) in [4.78, 5) is 0. The molecule has 1 aliphatic heterocycles. The summed E-state index contributed by atoms with van der Waals surface area (Å²) < 4.78 is 18.6. The van der Waals surface area contributed by atoms with Gasteiger partial charge in [0.25, 0.3) is 0 Å². The Morgan fingerprint density at radius 2 is 2.33 bits per heavy atom. The van der Waals surface area contributed by atoms with Gasteiger partial charge in [0.05, 0.1) is 6.10 Å². The first-order valence-corrected chi connectivity index (χ1v) is 4.29. The summed E-state index contributed by atoms with van der Waals surface area (Å²) in [6.07, 6.45) is 2.42. The Labute approximate surface area is 70.2 Å². The van der Waals surface area contributed by atoms with Crippen molar-refractivity contribution in [2.24, 2.45) is 0 Å². The van der Waals surface area contributed by atoms with Gasteiger partial charge in [0.1, 0.15) is 11.9 Å². The molecule has 12 heavy (non-hydrogen) atoms. The maximum Gasteiger partial charge on any atom is 0.126 e. The predicted molar refractivity (Wildman–Crippen MR) is 42.3 cm³/mol. The third kappa shape index (κ3) is 0.758. The lowest BCUT2D eigenvalue weighted by Crippen LogP contribution is -2.06. The van der Waals surface area contributed by atoms with Gasteiger partial charge in [0.15, 0.2) is 0 Å². The van der Waals surface area contributed by atoms with Crippen LogP contribution in [0.15, 0.2) is 18.2 Å². The Morgan fingerprint density at radius 1 is 1.42 bits per heavy atom. The van der Waals surface area contributed by atoms with Crippen LogP contribution in [-0.2, 0) is 11.2 Å². The quantitative estimate of drug-likeness (QED) is 0.535. The molecule has 1 nitrogen and oxygen atoms in total. The van der Waals surface area contributed by atoms with Gasteiger partial charge in [-0.2, -0.15) is 0 Å². The highest BCUT2D eigenvalue weighted by Gasteiger charge is 2.44. The lowest BCUT2D eigenvalue weighted by Gasteiger charge is -2.11. The van der Waals surface area contributed by atoms with Crippen molar-refractivity contribution in [2.45, 2.75) is 25.0 Å². The van der Waals surface area contributed by atoms with Crippen molar-refractivity contribution in [3.8, 4) is 0 Å². The number of fused-ring (bicyclic) bond motifs is 3. The Hall–Kier alpha value is -0.890. The first kappa shape index (κ1) is 6.61. The van der Waals surface area contributed by atoms with Crippen LogP contribution < -0.4 is 0 Å². The average molecular weight is 164 g/mol. The molecule has 2 aliphatic rings. The molecule has 0 bridgehead atoms. The first-order valence-electron chi connectivity index (χ1n) is 4.29. The van der Waals surface area contributed by atoms with E-state index >= 15 is 0 Å². The number of hydrogen-bond donors (Lipinski definition) is 0. The first-order chi connectivity index (χ1) is 5.86. The number of ether oxygens (including phenoxy) is 1. The van der Waals surface area contributed by atoms with E-state index in [4.69, 9.17) is 4.74 Å². The molecule has 0 spiro atoms. The van der Waals surface area contributed by atoms with E-state index in [0.29, 0.717) is 6.10 Å². The normalized spacial score (nSPS) is 30.8. The second-order valence-electron chi connectivity index (χ2n) is 3.44. The molecule has 0 N–H and O–H groups in total. The zero-order valence-corrected chi connectivity index (χ0v) is 6.59. The fraction of sp³-hybridized carbons (Fsp3) is 0.400. The fourth-order valence-electron chi connectivity index (χ4n) is 2.03. The molecule has 1 heterocycles. The number of benzene rings is 1. The number of halogens is 1. The summed E-state index contributed by atoms with van der Waals surface area (Å²) in [5.74, 6) is -0.0681. The van der Waals surface area contributed by atoms with Crippen LogP contribution in [0.25, 0.3) is 0 Å². The minimum atomic E-state index is -0.0681. The van der Waals surface area contributed by atoms with Gasteiger partial charge in [-0.1, -0.05) is 12.1 Å². The molecule has 2 atom stereocenters. The van der Waals surface area contributed by atoms with Crippen molar-refractivity contribution in [3.05, 3.63) is 35.1 Å². The minimum absolute atomic E-state index is 0.0681. The smallest absolute Gasteiger partial charge is 0.126 e. The Kier molecular flexibility index (Phi) is 1.14. The second-order valence-corrected chi connectivity index (χ2v) is 3.44. The van der Waals surface area contributed by atoms with Gasteiger partial charge in [0, 0.05) is 0 Å². The highest BCUT2D eigenvalue weighted by molar-refractivity contribution is 5.36. The van der Waals surface area contributed by atoms with Crippen LogP contribution in [-0.4, -0.2) is 6.10 Å². The Morgan fingerprint density at radius 3 is 3.25 bits per heavy atom. The molecule has 1 aromatic carbocycles. The van der Waals surface area contributed by atoms with Gasteiger partial charge < -0.3 is 4.74 Å². The zero-order chi connectivity index (χ0) is 8.13. The van der Waals surface area contributed by atoms with Crippen LogP contribution in [0, 0.1) is 5.82 Å². The van der Waals surface area contributed by atoms with Crippen molar-refractivity contribution in [3.63, 3.8) is 0 Å². The van der Waals surface area contributed by atoms with Crippen LogP contribution in [0.5, 0.6) is 0 Å². The topological polar surface area (TPSA) is 12.5 Å². The molecule has 0 amide bonds. The molecule has 1 saturated heterocycles. The van der Waals surface area contributed by atoms with Gasteiger partial charge >= 0.3 is 0 Å². The molecular formula is C10H9FO. The fourth-order valence-corrected chi connectivity index (χ4v) is 2.03. The molecule has 0 unspecified atom stereocenters. The average Bonchev–Trinajstić information content (AvgIpc) is 2.83. The third-order valence-corrected chi connectivity index (χ3v) is 2.72. The summed E-state index contributed by atoms with van der Waals surface area (Å²) in [6.45, 7) is 0. The van der Waals surface area contributed by atoms with E-state index in [1.165, 1.54) is 6.07 Å². The van der Waals surface area contributed by atoms with E-state index in [1.54, 1.807) is 6.07 Å². The van der Waals surface area contributed by atoms with Gasteiger partial charge in [-0.25, -0.2) is 4.39 Å². The lowest BCUT2D eigenvalue weighted by molar-refractivity contribution is 0.373. The summed E-state index contributed by atoms with van der Waals surface area (Å²) in [5.41, 5.74) is 1.95. The van der Waals surface area contributed by atoms with Crippen molar-refractivity contribution in [1.82, 2.24) is 0 Å². The van der Waals surface area contributed by atoms with Crippen LogP contribution in [0.3, 0.4) is 0 Å². The predicted octanol–water partition coefficient (Wildman–Crippen LogP) is 2.21. The van der Waals surface area contributed by atoms with Gasteiger partial charge in [-0.05, 0) is 30.0 Å². The van der Waals surface area contributed by atoms with E-state index in [2.05, 4.69) is 0 Å². The maximum atomic E-state index is 13.2. The maximum absolute atomic E-state index is 13.2. The standard InChI is InChI=1S/C10H9FO/c11-8-3-1-2-7-6(8)4-5-9-10(7)12-9/h1-3,9-10H,4-5H2/t9-,10-/m0/s1. The molecular weight excluding hydrogens is 155 g/mol. The van der Waals surface area contributed by atoms with Crippen LogP contribution >= 0.6 is 0 Å². The van der Waals surface area contributed by atoms with Gasteiger partial charge in [-0.15, -0.1) is 0 Å². The molecule has 62 valence electrons. The van der Waals surface area contributed by atoms with Crippen LogP contribution in [0.4, 0.5) is 4.39 Å². The molecule has 0 aromatic heterocycles. The minimum Gasteiger partial charge on any atom is -0.364 e. The number of epoxide rings is 1. The summed E-state index contributed by atoms with van der Waals surface area (Å²) in [6, 6.07) is 5.27. The van der Waals surface area contributed by atoms with E-state index in [9.17, 15) is 4.39 Å². The largest absolute Gasteiger partial charge is 0.364 e. The number of rotatable bonds is 0. The van der Waals surface area contributed by atoms with Gasteiger partial charge in [0.2, 0.25) is 0 Å². The zero-order valence-electron chi connectivity index (χ0n) is 6.59. The van der Waals surface area contributed by atoms with E-state index in [-0.39, 0.29) is 11.9 Å². The van der Waals surface area contributed by atoms with Gasteiger partial charge in [-0.3, -0.25) is 0 Å². The van der Waals surface area contributed by atoms with E-state index in [0.717, 1.165) is 24.0 Å². The monoisotopic (exact) mass is 164 g/mol. The van der Waals surface area contributed by atoms with Crippen molar-refractivity contribution >= 4 is 0 Å². The Bertz CT molecular complexity index is 335. The summed E-state index contributed by atoms with van der Waals surface area (Å²) >= 11 is 0.